The van der Waals surface area contributed by atoms with Crippen LogP contribution < -0.4 is 11.3 Å². The summed E-state index contributed by atoms with van der Waals surface area (Å²) in [5.41, 5.74) is 4.21. The van der Waals surface area contributed by atoms with E-state index in [1.54, 1.807) is 0 Å². The second-order valence-electron chi connectivity index (χ2n) is 4.55. The molecular formula is C13H19ClN2O. The van der Waals surface area contributed by atoms with Gasteiger partial charge in [-0.25, -0.2) is 0 Å². The molecular weight excluding hydrogens is 236 g/mol. The maximum Gasteiger partial charge on any atom is 0.0469 e. The van der Waals surface area contributed by atoms with Crippen molar-refractivity contribution in [3.05, 3.63) is 34.9 Å². The van der Waals surface area contributed by atoms with Gasteiger partial charge in [-0.2, -0.15) is 0 Å². The number of nitrogens with two attached hydrogens (primary N) is 1. The van der Waals surface area contributed by atoms with Crippen molar-refractivity contribution in [2.24, 2.45) is 11.8 Å². The van der Waals surface area contributed by atoms with Crippen LogP contribution in [0.15, 0.2) is 24.3 Å². The Hall–Kier alpha value is -0.610. The van der Waals surface area contributed by atoms with Gasteiger partial charge in [0.15, 0.2) is 0 Å². The third-order valence-corrected chi connectivity index (χ3v) is 3.67. The molecule has 0 saturated carbocycles. The fourth-order valence-corrected chi connectivity index (χ4v) is 2.48. The van der Waals surface area contributed by atoms with Gasteiger partial charge in [0, 0.05) is 24.3 Å². The van der Waals surface area contributed by atoms with Gasteiger partial charge in [0.25, 0.3) is 0 Å². The zero-order valence-electron chi connectivity index (χ0n) is 9.86. The van der Waals surface area contributed by atoms with E-state index in [2.05, 4.69) is 17.6 Å². The molecule has 0 aromatic heterocycles. The number of nitrogens with one attached hydrogen (secondary N) is 1. The van der Waals surface area contributed by atoms with E-state index < -0.39 is 0 Å². The Bertz CT molecular complexity index is 336. The summed E-state index contributed by atoms with van der Waals surface area (Å²) in [6.07, 6.45) is 3.11. The normalized spacial score (nSPS) is 19.2. The van der Waals surface area contributed by atoms with Gasteiger partial charge in [-0.05, 0) is 42.9 Å². The molecule has 1 saturated heterocycles. The Morgan fingerprint density at radius 2 is 1.94 bits per heavy atom. The van der Waals surface area contributed by atoms with Crippen LogP contribution in [-0.2, 0) is 11.2 Å². The van der Waals surface area contributed by atoms with Crippen LogP contribution in [0, 0.1) is 5.92 Å². The fourth-order valence-electron chi connectivity index (χ4n) is 2.35. The van der Waals surface area contributed by atoms with E-state index in [9.17, 15) is 0 Å². The van der Waals surface area contributed by atoms with Gasteiger partial charge >= 0.3 is 0 Å². The molecule has 0 amide bonds. The number of benzene rings is 1. The molecule has 94 valence electrons. The van der Waals surface area contributed by atoms with E-state index in [1.165, 1.54) is 5.56 Å². The van der Waals surface area contributed by atoms with E-state index in [0.29, 0.717) is 12.0 Å². The maximum absolute atomic E-state index is 5.87. The summed E-state index contributed by atoms with van der Waals surface area (Å²) in [4.78, 5) is 0. The number of halogens is 1. The summed E-state index contributed by atoms with van der Waals surface area (Å²) in [7, 11) is 0. The van der Waals surface area contributed by atoms with Crippen LogP contribution in [0.5, 0.6) is 0 Å². The largest absolute Gasteiger partial charge is 0.381 e. The van der Waals surface area contributed by atoms with E-state index in [4.69, 9.17) is 22.2 Å². The molecule has 1 aromatic rings. The molecule has 1 heterocycles. The Kier molecular flexibility index (Phi) is 4.80. The topological polar surface area (TPSA) is 47.3 Å². The Morgan fingerprint density at radius 1 is 1.29 bits per heavy atom. The third-order valence-electron chi connectivity index (χ3n) is 3.42. The molecule has 4 heteroatoms. The van der Waals surface area contributed by atoms with Crippen molar-refractivity contribution in [2.45, 2.75) is 25.3 Å². The number of hydrogen-bond acceptors (Lipinski definition) is 3. The predicted molar refractivity (Wildman–Crippen MR) is 69.8 cm³/mol. The van der Waals surface area contributed by atoms with Crippen LogP contribution in [0.4, 0.5) is 0 Å². The number of ether oxygens (including phenoxy) is 1. The smallest absolute Gasteiger partial charge is 0.0469 e. The van der Waals surface area contributed by atoms with Crippen molar-refractivity contribution in [2.75, 3.05) is 13.2 Å². The molecule has 1 aromatic carbocycles. The monoisotopic (exact) mass is 254 g/mol. The number of hydrogen-bond donors (Lipinski definition) is 2. The van der Waals surface area contributed by atoms with Crippen LogP contribution in [-0.4, -0.2) is 19.3 Å². The van der Waals surface area contributed by atoms with Crippen LogP contribution in [0.25, 0.3) is 0 Å². The molecule has 1 aliphatic heterocycles. The van der Waals surface area contributed by atoms with E-state index >= 15 is 0 Å². The van der Waals surface area contributed by atoms with Crippen LogP contribution >= 0.6 is 11.6 Å². The van der Waals surface area contributed by atoms with Crippen LogP contribution in [0.1, 0.15) is 18.4 Å². The molecule has 0 radical (unpaired) electrons. The first-order valence-corrected chi connectivity index (χ1v) is 6.45. The fraction of sp³-hybridized carbons (Fsp3) is 0.538. The Balaban J connectivity index is 1.96. The van der Waals surface area contributed by atoms with Crippen molar-refractivity contribution in [1.82, 2.24) is 5.43 Å². The molecule has 1 fully saturated rings. The molecule has 0 bridgehead atoms. The minimum Gasteiger partial charge on any atom is -0.381 e. The average molecular weight is 255 g/mol. The molecule has 1 aliphatic rings. The summed E-state index contributed by atoms with van der Waals surface area (Å²) in [6.45, 7) is 1.70. The number of rotatable bonds is 4. The lowest BCUT2D eigenvalue weighted by Crippen LogP contribution is -2.44. The molecule has 2 rings (SSSR count). The van der Waals surface area contributed by atoms with Gasteiger partial charge in [0.1, 0.15) is 0 Å². The molecule has 0 spiro atoms. The maximum atomic E-state index is 5.87. The summed E-state index contributed by atoms with van der Waals surface area (Å²) < 4.78 is 5.37. The van der Waals surface area contributed by atoms with E-state index in [1.807, 2.05) is 12.1 Å². The highest BCUT2D eigenvalue weighted by atomic mass is 35.5. The van der Waals surface area contributed by atoms with Gasteiger partial charge in [-0.1, -0.05) is 23.7 Å². The van der Waals surface area contributed by atoms with E-state index in [-0.39, 0.29) is 0 Å². The highest BCUT2D eigenvalue weighted by Gasteiger charge is 2.23. The lowest BCUT2D eigenvalue weighted by atomic mass is 9.88. The lowest BCUT2D eigenvalue weighted by molar-refractivity contribution is 0.0538. The first-order chi connectivity index (χ1) is 8.29. The van der Waals surface area contributed by atoms with Crippen LogP contribution in [0.3, 0.4) is 0 Å². The van der Waals surface area contributed by atoms with Gasteiger partial charge in [0.2, 0.25) is 0 Å². The van der Waals surface area contributed by atoms with Gasteiger partial charge in [-0.15, -0.1) is 0 Å². The summed E-state index contributed by atoms with van der Waals surface area (Å²) in [5.74, 6) is 6.27. The molecule has 17 heavy (non-hydrogen) atoms. The minimum absolute atomic E-state index is 0.320. The van der Waals surface area contributed by atoms with Gasteiger partial charge in [-0.3, -0.25) is 11.3 Å². The second kappa shape index (κ2) is 6.36. The molecule has 3 N–H and O–H groups in total. The van der Waals surface area contributed by atoms with Crippen LogP contribution in [0.2, 0.25) is 5.02 Å². The second-order valence-corrected chi connectivity index (χ2v) is 4.99. The first-order valence-electron chi connectivity index (χ1n) is 6.08. The molecule has 1 unspecified atom stereocenters. The molecule has 1 atom stereocenters. The highest BCUT2D eigenvalue weighted by molar-refractivity contribution is 6.30. The minimum atomic E-state index is 0.320. The SMILES string of the molecule is NNC(Cc1ccc(Cl)cc1)C1CCOCC1. The molecule has 3 nitrogen and oxygen atoms in total. The van der Waals surface area contributed by atoms with Crippen molar-refractivity contribution in [1.29, 1.82) is 0 Å². The average Bonchev–Trinajstić information content (AvgIpc) is 2.39. The number of hydrazine groups is 1. The third kappa shape index (κ3) is 3.68. The highest BCUT2D eigenvalue weighted by Crippen LogP contribution is 2.21. The summed E-state index contributed by atoms with van der Waals surface area (Å²) >= 11 is 5.87. The first kappa shape index (κ1) is 12.8. The zero-order chi connectivity index (χ0) is 12.1. The Labute approximate surface area is 107 Å². The standard InChI is InChI=1S/C13H19ClN2O/c14-12-3-1-10(2-4-12)9-13(16-15)11-5-7-17-8-6-11/h1-4,11,13,16H,5-9,15H2. The quantitative estimate of drug-likeness (QED) is 0.639. The van der Waals surface area contributed by atoms with Gasteiger partial charge < -0.3 is 4.74 Å². The van der Waals surface area contributed by atoms with Crippen molar-refractivity contribution in [3.8, 4) is 0 Å². The summed E-state index contributed by atoms with van der Waals surface area (Å²) in [6, 6.07) is 8.29. The zero-order valence-corrected chi connectivity index (χ0v) is 10.6. The lowest BCUT2D eigenvalue weighted by Gasteiger charge is -2.29. The Morgan fingerprint density at radius 3 is 2.53 bits per heavy atom. The van der Waals surface area contributed by atoms with Crippen molar-refractivity contribution >= 4 is 11.6 Å². The van der Waals surface area contributed by atoms with Gasteiger partial charge in [0.05, 0.1) is 0 Å². The van der Waals surface area contributed by atoms with Crippen molar-refractivity contribution < 1.29 is 4.74 Å². The van der Waals surface area contributed by atoms with Crippen molar-refractivity contribution in [3.63, 3.8) is 0 Å². The van der Waals surface area contributed by atoms with E-state index in [0.717, 1.165) is 37.5 Å². The summed E-state index contributed by atoms with van der Waals surface area (Å²) in [5, 5.41) is 0.775. The molecule has 0 aliphatic carbocycles. The predicted octanol–water partition coefficient (Wildman–Crippen LogP) is 2.14.